The molecule has 0 spiro atoms. The van der Waals surface area contributed by atoms with Crippen LogP contribution in [0.2, 0.25) is 0 Å². The van der Waals surface area contributed by atoms with Crippen LogP contribution in [0.4, 0.5) is 0 Å². The molecule has 1 aromatic carbocycles. The Balaban J connectivity index is 1.99. The normalized spacial score (nSPS) is 16.6. The van der Waals surface area contributed by atoms with E-state index in [-0.39, 0.29) is 5.91 Å². The van der Waals surface area contributed by atoms with Crippen LogP contribution in [0, 0.1) is 0 Å². The van der Waals surface area contributed by atoms with Gasteiger partial charge in [0.15, 0.2) is 0 Å². The Morgan fingerprint density at radius 2 is 1.81 bits per heavy atom. The Morgan fingerprint density at radius 1 is 1.12 bits per heavy atom. The fourth-order valence-corrected chi connectivity index (χ4v) is 2.03. The van der Waals surface area contributed by atoms with E-state index in [4.69, 9.17) is 5.73 Å². The van der Waals surface area contributed by atoms with E-state index in [0.717, 1.165) is 31.5 Å². The quantitative estimate of drug-likeness (QED) is 0.838. The Labute approximate surface area is 96.2 Å². The van der Waals surface area contributed by atoms with Crippen LogP contribution < -0.4 is 5.73 Å². The number of nitrogens with zero attached hydrogens (tertiary/aromatic N) is 1. The van der Waals surface area contributed by atoms with Crippen LogP contribution >= 0.6 is 0 Å². The molecule has 0 atom stereocenters. The second kappa shape index (κ2) is 5.12. The molecule has 1 amide bonds. The fraction of sp³-hybridized carbons (Fsp3) is 0.462. The minimum Gasteiger partial charge on any atom is -0.338 e. The van der Waals surface area contributed by atoms with Crippen LogP contribution in [0.3, 0.4) is 0 Å². The predicted molar refractivity (Wildman–Crippen MR) is 63.6 cm³/mol. The maximum Gasteiger partial charge on any atom is 0.222 e. The van der Waals surface area contributed by atoms with Crippen LogP contribution in [0.1, 0.15) is 30.4 Å². The molecule has 0 aliphatic carbocycles. The van der Waals surface area contributed by atoms with Gasteiger partial charge in [-0.15, -0.1) is 0 Å². The molecular weight excluding hydrogens is 200 g/mol. The van der Waals surface area contributed by atoms with Crippen LogP contribution in [0.15, 0.2) is 24.3 Å². The number of piperidine rings is 1. The number of nitrogens with two attached hydrogens (primary N) is 1. The number of carbonyl (C=O) groups excluding carboxylic acids is 1. The number of rotatable bonds is 3. The molecule has 3 heteroatoms. The minimum absolute atomic E-state index is 0.286. The minimum atomic E-state index is 0.286. The standard InChI is InChI=1S/C13H18N2O/c14-9-11-4-6-12(7-5-11)10-15-8-2-1-3-13(15)16/h4-7H,1-3,8-10,14H2. The summed E-state index contributed by atoms with van der Waals surface area (Å²) in [7, 11) is 0. The van der Waals surface area contributed by atoms with Crippen LogP contribution in [-0.4, -0.2) is 17.4 Å². The highest BCUT2D eigenvalue weighted by Gasteiger charge is 2.17. The van der Waals surface area contributed by atoms with Crippen molar-refractivity contribution in [1.29, 1.82) is 0 Å². The molecule has 2 rings (SSSR count). The molecule has 0 bridgehead atoms. The van der Waals surface area contributed by atoms with Crippen molar-refractivity contribution in [1.82, 2.24) is 4.90 Å². The lowest BCUT2D eigenvalue weighted by molar-refractivity contribution is -0.133. The van der Waals surface area contributed by atoms with Gasteiger partial charge in [0.25, 0.3) is 0 Å². The van der Waals surface area contributed by atoms with Crippen molar-refractivity contribution in [2.45, 2.75) is 32.4 Å². The van der Waals surface area contributed by atoms with Crippen LogP contribution in [-0.2, 0) is 17.9 Å². The second-order valence-corrected chi connectivity index (χ2v) is 4.29. The number of hydrogen-bond acceptors (Lipinski definition) is 2. The van der Waals surface area contributed by atoms with Crippen LogP contribution in [0.25, 0.3) is 0 Å². The van der Waals surface area contributed by atoms with E-state index in [9.17, 15) is 4.79 Å². The fourth-order valence-electron chi connectivity index (χ4n) is 2.03. The first-order chi connectivity index (χ1) is 7.79. The van der Waals surface area contributed by atoms with Crippen molar-refractivity contribution >= 4 is 5.91 Å². The van der Waals surface area contributed by atoms with E-state index in [0.29, 0.717) is 13.0 Å². The summed E-state index contributed by atoms with van der Waals surface area (Å²) in [6, 6.07) is 8.18. The molecule has 1 aliphatic heterocycles. The van der Waals surface area contributed by atoms with Gasteiger partial charge in [-0.3, -0.25) is 4.79 Å². The summed E-state index contributed by atoms with van der Waals surface area (Å²) in [5.41, 5.74) is 7.86. The SMILES string of the molecule is NCc1ccc(CN2CCCCC2=O)cc1. The zero-order valence-electron chi connectivity index (χ0n) is 9.48. The summed E-state index contributed by atoms with van der Waals surface area (Å²) in [6.07, 6.45) is 2.88. The van der Waals surface area contributed by atoms with Crippen molar-refractivity contribution < 1.29 is 4.79 Å². The van der Waals surface area contributed by atoms with Gasteiger partial charge in [0.1, 0.15) is 0 Å². The predicted octanol–water partition coefficient (Wildman–Crippen LogP) is 1.66. The Kier molecular flexibility index (Phi) is 3.57. The van der Waals surface area contributed by atoms with E-state index in [2.05, 4.69) is 12.1 Å². The summed E-state index contributed by atoms with van der Waals surface area (Å²) in [5.74, 6) is 0.286. The molecule has 1 fully saturated rings. The van der Waals surface area contributed by atoms with E-state index in [1.54, 1.807) is 0 Å². The van der Waals surface area contributed by atoms with Crippen LogP contribution in [0.5, 0.6) is 0 Å². The van der Waals surface area contributed by atoms with Gasteiger partial charge in [0, 0.05) is 26.1 Å². The summed E-state index contributed by atoms with van der Waals surface area (Å²) in [6.45, 7) is 2.21. The van der Waals surface area contributed by atoms with Crippen molar-refractivity contribution in [2.24, 2.45) is 5.73 Å². The first-order valence-electron chi connectivity index (χ1n) is 5.85. The van der Waals surface area contributed by atoms with E-state index < -0.39 is 0 Å². The van der Waals surface area contributed by atoms with E-state index >= 15 is 0 Å². The van der Waals surface area contributed by atoms with Gasteiger partial charge in [-0.2, -0.15) is 0 Å². The van der Waals surface area contributed by atoms with E-state index in [1.165, 1.54) is 5.56 Å². The third-order valence-electron chi connectivity index (χ3n) is 3.05. The first kappa shape index (κ1) is 11.1. The first-order valence-corrected chi connectivity index (χ1v) is 5.85. The largest absolute Gasteiger partial charge is 0.338 e. The number of hydrogen-bond donors (Lipinski definition) is 1. The molecule has 1 aliphatic rings. The molecule has 1 aromatic rings. The summed E-state index contributed by atoms with van der Waals surface area (Å²) in [4.78, 5) is 13.6. The molecule has 16 heavy (non-hydrogen) atoms. The average Bonchev–Trinajstić information content (AvgIpc) is 2.33. The number of amides is 1. The van der Waals surface area contributed by atoms with Gasteiger partial charge >= 0.3 is 0 Å². The van der Waals surface area contributed by atoms with Gasteiger partial charge in [0.2, 0.25) is 5.91 Å². The molecule has 0 aromatic heterocycles. The summed E-state index contributed by atoms with van der Waals surface area (Å²) in [5, 5.41) is 0. The van der Waals surface area contributed by atoms with Gasteiger partial charge in [0.05, 0.1) is 0 Å². The second-order valence-electron chi connectivity index (χ2n) is 4.29. The van der Waals surface area contributed by atoms with Crippen molar-refractivity contribution in [3.63, 3.8) is 0 Å². The number of carbonyl (C=O) groups is 1. The maximum atomic E-state index is 11.6. The molecule has 1 saturated heterocycles. The molecule has 2 N–H and O–H groups in total. The molecule has 86 valence electrons. The van der Waals surface area contributed by atoms with E-state index in [1.807, 2.05) is 17.0 Å². The lowest BCUT2D eigenvalue weighted by atomic mass is 10.1. The zero-order chi connectivity index (χ0) is 11.4. The molecule has 1 heterocycles. The number of likely N-dealkylation sites (tertiary alicyclic amines) is 1. The molecule has 0 radical (unpaired) electrons. The van der Waals surface area contributed by atoms with Gasteiger partial charge in [-0.05, 0) is 24.0 Å². The zero-order valence-corrected chi connectivity index (χ0v) is 9.48. The third kappa shape index (κ3) is 2.61. The maximum absolute atomic E-state index is 11.6. The van der Waals surface area contributed by atoms with Gasteiger partial charge in [-0.25, -0.2) is 0 Å². The van der Waals surface area contributed by atoms with Crippen molar-refractivity contribution in [3.05, 3.63) is 35.4 Å². The Hall–Kier alpha value is -1.35. The van der Waals surface area contributed by atoms with Crippen molar-refractivity contribution in [3.8, 4) is 0 Å². The lowest BCUT2D eigenvalue weighted by Crippen LogP contribution is -2.34. The Morgan fingerprint density at radius 3 is 2.44 bits per heavy atom. The van der Waals surface area contributed by atoms with Gasteiger partial charge < -0.3 is 10.6 Å². The topological polar surface area (TPSA) is 46.3 Å². The third-order valence-corrected chi connectivity index (χ3v) is 3.05. The average molecular weight is 218 g/mol. The molecule has 0 unspecified atom stereocenters. The van der Waals surface area contributed by atoms with Crippen molar-refractivity contribution in [2.75, 3.05) is 6.54 Å². The molecule has 0 saturated carbocycles. The highest BCUT2D eigenvalue weighted by atomic mass is 16.2. The summed E-state index contributed by atoms with van der Waals surface area (Å²) >= 11 is 0. The Bertz CT molecular complexity index is 359. The smallest absolute Gasteiger partial charge is 0.222 e. The monoisotopic (exact) mass is 218 g/mol. The summed E-state index contributed by atoms with van der Waals surface area (Å²) < 4.78 is 0. The highest BCUT2D eigenvalue weighted by molar-refractivity contribution is 5.76. The lowest BCUT2D eigenvalue weighted by Gasteiger charge is -2.26. The molecular formula is C13H18N2O. The number of benzene rings is 1. The highest BCUT2D eigenvalue weighted by Crippen LogP contribution is 2.14. The molecule has 3 nitrogen and oxygen atoms in total. The van der Waals surface area contributed by atoms with Gasteiger partial charge in [-0.1, -0.05) is 24.3 Å².